The molecule has 0 N–H and O–H groups in total. The second-order valence-corrected chi connectivity index (χ2v) is 3.31. The number of imide groups is 1. The lowest BCUT2D eigenvalue weighted by molar-refractivity contribution is -0.139. The Morgan fingerprint density at radius 3 is 1.64 bits per heavy atom. The van der Waals surface area contributed by atoms with Gasteiger partial charge in [0.05, 0.1) is 11.1 Å². The molecule has 0 spiro atoms. The number of amides is 2. The van der Waals surface area contributed by atoms with Crippen molar-refractivity contribution in [2.24, 2.45) is 0 Å². The highest BCUT2D eigenvalue weighted by Gasteiger charge is 2.36. The summed E-state index contributed by atoms with van der Waals surface area (Å²) in [6.45, 7) is 10.6. The zero-order chi connectivity index (χ0) is 10.9. The van der Waals surface area contributed by atoms with E-state index >= 15 is 0 Å². The van der Waals surface area contributed by atoms with Crippen molar-refractivity contribution >= 4 is 11.8 Å². The summed E-state index contributed by atoms with van der Waals surface area (Å²) in [6, 6.07) is -0.137. The van der Waals surface area contributed by atoms with Crippen molar-refractivity contribution in [3.05, 3.63) is 36.5 Å². The number of nitrogens with zero attached hydrogens (tertiary/aromatic N) is 1. The van der Waals surface area contributed by atoms with Crippen LogP contribution in [0.1, 0.15) is 13.8 Å². The maximum atomic E-state index is 11.7. The van der Waals surface area contributed by atoms with Gasteiger partial charge in [-0.3, -0.25) is 14.5 Å². The van der Waals surface area contributed by atoms with Gasteiger partial charge in [-0.05, 0) is 13.8 Å². The van der Waals surface area contributed by atoms with Gasteiger partial charge in [0.2, 0.25) is 0 Å². The number of carbonyl (C=O) groups is 2. The average molecular weight is 191 g/mol. The summed E-state index contributed by atoms with van der Waals surface area (Å²) in [5.41, 5.74) is 0.692. The van der Waals surface area contributed by atoms with Crippen molar-refractivity contribution in [2.75, 3.05) is 0 Å². The molecule has 0 aromatic heterocycles. The molecule has 74 valence electrons. The molecular formula is C11H13NO2. The van der Waals surface area contributed by atoms with E-state index in [9.17, 15) is 9.59 Å². The van der Waals surface area contributed by atoms with Crippen molar-refractivity contribution in [3.8, 4) is 0 Å². The third-order valence-corrected chi connectivity index (χ3v) is 2.11. The summed E-state index contributed by atoms with van der Waals surface area (Å²) >= 11 is 0. The van der Waals surface area contributed by atoms with E-state index < -0.39 is 0 Å². The topological polar surface area (TPSA) is 37.4 Å². The van der Waals surface area contributed by atoms with Crippen LogP contribution in [0.3, 0.4) is 0 Å². The molecule has 2 amide bonds. The molecule has 1 heterocycles. The minimum atomic E-state index is -0.282. The lowest BCUT2D eigenvalue weighted by atomic mass is 10.1. The number of hydrogen-bond donors (Lipinski definition) is 0. The number of rotatable bonds is 3. The third-order valence-electron chi connectivity index (χ3n) is 2.11. The molecule has 14 heavy (non-hydrogen) atoms. The van der Waals surface area contributed by atoms with Crippen LogP contribution < -0.4 is 0 Å². The van der Waals surface area contributed by atoms with Gasteiger partial charge in [0.1, 0.15) is 0 Å². The summed E-state index contributed by atoms with van der Waals surface area (Å²) in [7, 11) is 0. The maximum absolute atomic E-state index is 11.7. The molecular weight excluding hydrogens is 178 g/mol. The fourth-order valence-electron chi connectivity index (χ4n) is 1.45. The molecule has 0 aromatic rings. The summed E-state index contributed by atoms with van der Waals surface area (Å²) in [6.07, 6.45) is 2.80. The molecule has 0 atom stereocenters. The van der Waals surface area contributed by atoms with Gasteiger partial charge in [-0.25, -0.2) is 0 Å². The maximum Gasteiger partial charge on any atom is 0.261 e. The zero-order valence-corrected chi connectivity index (χ0v) is 8.41. The Balaban J connectivity index is 3.22. The Morgan fingerprint density at radius 1 is 1.07 bits per heavy atom. The SMILES string of the molecule is C=CC1=C(C=C)C(=O)N(C(C)C)C1=O. The van der Waals surface area contributed by atoms with Crippen LogP contribution in [0.2, 0.25) is 0 Å². The van der Waals surface area contributed by atoms with Gasteiger partial charge in [0.15, 0.2) is 0 Å². The second kappa shape index (κ2) is 3.62. The minimum absolute atomic E-state index is 0.137. The number of carbonyl (C=O) groups excluding carboxylic acids is 2. The van der Waals surface area contributed by atoms with Crippen LogP contribution >= 0.6 is 0 Å². The van der Waals surface area contributed by atoms with Gasteiger partial charge in [-0.15, -0.1) is 0 Å². The normalized spacial score (nSPS) is 16.9. The molecule has 1 aliphatic heterocycles. The molecule has 0 aliphatic carbocycles. The van der Waals surface area contributed by atoms with Gasteiger partial charge in [-0.2, -0.15) is 0 Å². The fourth-order valence-corrected chi connectivity index (χ4v) is 1.45. The Morgan fingerprint density at radius 2 is 1.43 bits per heavy atom. The second-order valence-electron chi connectivity index (χ2n) is 3.31. The molecule has 3 heteroatoms. The monoisotopic (exact) mass is 191 g/mol. The van der Waals surface area contributed by atoms with Gasteiger partial charge in [0.25, 0.3) is 11.8 Å². The van der Waals surface area contributed by atoms with E-state index in [1.165, 1.54) is 17.1 Å². The fraction of sp³-hybridized carbons (Fsp3) is 0.273. The highest BCUT2D eigenvalue weighted by molar-refractivity contribution is 6.22. The van der Waals surface area contributed by atoms with Crippen LogP contribution in [-0.2, 0) is 9.59 Å². The lowest BCUT2D eigenvalue weighted by Gasteiger charge is -2.18. The van der Waals surface area contributed by atoms with E-state index in [0.717, 1.165) is 0 Å². The van der Waals surface area contributed by atoms with Crippen LogP contribution in [0, 0.1) is 0 Å². The van der Waals surface area contributed by atoms with Crippen molar-refractivity contribution in [1.29, 1.82) is 0 Å². The first-order valence-electron chi connectivity index (χ1n) is 4.41. The van der Waals surface area contributed by atoms with Gasteiger partial charge in [-0.1, -0.05) is 25.3 Å². The van der Waals surface area contributed by atoms with E-state index in [1.807, 2.05) is 0 Å². The van der Waals surface area contributed by atoms with E-state index in [4.69, 9.17) is 0 Å². The van der Waals surface area contributed by atoms with Crippen LogP contribution in [-0.4, -0.2) is 22.8 Å². The van der Waals surface area contributed by atoms with Crippen LogP contribution in [0.15, 0.2) is 36.5 Å². The van der Waals surface area contributed by atoms with Crippen LogP contribution in [0.25, 0.3) is 0 Å². The first-order valence-corrected chi connectivity index (χ1v) is 4.41. The average Bonchev–Trinajstić information content (AvgIpc) is 2.36. The van der Waals surface area contributed by atoms with Crippen molar-refractivity contribution in [1.82, 2.24) is 4.90 Å². The first kappa shape index (κ1) is 10.4. The number of hydrogen-bond acceptors (Lipinski definition) is 2. The van der Waals surface area contributed by atoms with Crippen LogP contribution in [0.4, 0.5) is 0 Å². The Kier molecular flexibility index (Phi) is 2.70. The molecule has 0 aromatic carbocycles. The van der Waals surface area contributed by atoms with E-state index in [0.29, 0.717) is 11.1 Å². The standard InChI is InChI=1S/C11H13NO2/c1-5-8-9(6-2)11(14)12(7(3)4)10(8)13/h5-7H,1-2H2,3-4H3. The van der Waals surface area contributed by atoms with Gasteiger partial charge >= 0.3 is 0 Å². The molecule has 0 unspecified atom stereocenters. The van der Waals surface area contributed by atoms with Gasteiger partial charge in [0, 0.05) is 6.04 Å². The van der Waals surface area contributed by atoms with E-state index in [-0.39, 0.29) is 17.9 Å². The third kappa shape index (κ3) is 1.31. The Labute approximate surface area is 83.4 Å². The Bertz CT molecular complexity index is 320. The zero-order valence-electron chi connectivity index (χ0n) is 8.41. The van der Waals surface area contributed by atoms with Gasteiger partial charge < -0.3 is 0 Å². The smallest absolute Gasteiger partial charge is 0.261 e. The predicted molar refractivity (Wildman–Crippen MR) is 54.4 cm³/mol. The summed E-state index contributed by atoms with van der Waals surface area (Å²) in [4.78, 5) is 24.6. The lowest BCUT2D eigenvalue weighted by Crippen LogP contribution is -2.37. The predicted octanol–water partition coefficient (Wildman–Crippen LogP) is 1.43. The quantitative estimate of drug-likeness (QED) is 0.633. The molecule has 0 saturated carbocycles. The van der Waals surface area contributed by atoms with Crippen molar-refractivity contribution in [2.45, 2.75) is 19.9 Å². The Hall–Kier alpha value is -1.64. The molecule has 0 bridgehead atoms. The first-order chi connectivity index (χ1) is 6.54. The molecule has 3 nitrogen and oxygen atoms in total. The van der Waals surface area contributed by atoms with Crippen molar-refractivity contribution < 1.29 is 9.59 Å². The van der Waals surface area contributed by atoms with E-state index in [2.05, 4.69) is 13.2 Å². The van der Waals surface area contributed by atoms with Crippen molar-refractivity contribution in [3.63, 3.8) is 0 Å². The highest BCUT2D eigenvalue weighted by Crippen LogP contribution is 2.23. The van der Waals surface area contributed by atoms with E-state index in [1.54, 1.807) is 13.8 Å². The highest BCUT2D eigenvalue weighted by atomic mass is 16.2. The molecule has 0 fully saturated rings. The minimum Gasteiger partial charge on any atom is -0.272 e. The molecule has 1 aliphatic rings. The summed E-state index contributed by atoms with van der Waals surface area (Å²) in [5, 5.41) is 0. The van der Waals surface area contributed by atoms with Crippen LogP contribution in [0.5, 0.6) is 0 Å². The molecule has 1 rings (SSSR count). The summed E-state index contributed by atoms with van der Waals surface area (Å²) < 4.78 is 0. The largest absolute Gasteiger partial charge is 0.272 e. The molecule has 0 radical (unpaired) electrons. The molecule has 0 saturated heterocycles. The summed E-state index contributed by atoms with van der Waals surface area (Å²) in [5.74, 6) is -0.565.